The number of hydrogen-bond acceptors (Lipinski definition) is 4. The molecule has 146 valence electrons. The van der Waals surface area contributed by atoms with Gasteiger partial charge in [-0.25, -0.2) is 0 Å². The van der Waals surface area contributed by atoms with E-state index in [2.05, 4.69) is 34.1 Å². The van der Waals surface area contributed by atoms with E-state index in [1.807, 2.05) is 13.8 Å². The molecule has 1 aromatic rings. The monoisotopic (exact) mass is 360 g/mol. The van der Waals surface area contributed by atoms with Gasteiger partial charge in [-0.1, -0.05) is 24.3 Å². The number of benzene rings is 1. The maximum Gasteiger partial charge on any atom is 0.0798 e. The number of aryl methyl sites for hydroxylation is 1. The van der Waals surface area contributed by atoms with Crippen molar-refractivity contribution in [2.75, 3.05) is 32.7 Å². The zero-order valence-corrected chi connectivity index (χ0v) is 16.6. The molecule has 2 aliphatic rings. The first-order valence-electron chi connectivity index (χ1n) is 10.3. The summed E-state index contributed by atoms with van der Waals surface area (Å²) < 4.78 is 0. The van der Waals surface area contributed by atoms with Crippen molar-refractivity contribution in [3.63, 3.8) is 0 Å². The summed E-state index contributed by atoms with van der Waals surface area (Å²) in [5, 5.41) is 20.7. The van der Waals surface area contributed by atoms with Crippen LogP contribution in [0.1, 0.15) is 57.1 Å². The Balaban J connectivity index is 1.44. The second kappa shape index (κ2) is 8.39. The second-order valence-electron chi connectivity index (χ2n) is 9.11. The molecule has 0 aliphatic carbocycles. The standard InChI is InChI=1S/C22H36N2O2/c1-21(2,25)10-9-19-5-7-20(8-6-19)17-23-15-11-22(26,12-16-23)18-24-13-3-4-14-24/h5-8,25-26H,3-4,9-18H2,1-2H3. The van der Waals surface area contributed by atoms with Gasteiger partial charge in [0.2, 0.25) is 0 Å². The lowest BCUT2D eigenvalue weighted by molar-refractivity contribution is -0.0430. The second-order valence-corrected chi connectivity index (χ2v) is 9.11. The van der Waals surface area contributed by atoms with Gasteiger partial charge in [0, 0.05) is 26.2 Å². The molecule has 0 amide bonds. The largest absolute Gasteiger partial charge is 0.390 e. The molecule has 0 aromatic heterocycles. The fourth-order valence-corrected chi connectivity index (χ4v) is 4.16. The maximum atomic E-state index is 10.9. The third kappa shape index (κ3) is 6.05. The van der Waals surface area contributed by atoms with Gasteiger partial charge in [0.1, 0.15) is 0 Å². The van der Waals surface area contributed by atoms with Crippen molar-refractivity contribution in [3.05, 3.63) is 35.4 Å². The zero-order valence-electron chi connectivity index (χ0n) is 16.6. The van der Waals surface area contributed by atoms with Crippen molar-refractivity contribution >= 4 is 0 Å². The summed E-state index contributed by atoms with van der Waals surface area (Å²) in [5.41, 5.74) is 1.54. The Hall–Kier alpha value is -0.940. The quantitative estimate of drug-likeness (QED) is 0.785. The molecule has 2 saturated heterocycles. The molecule has 0 radical (unpaired) electrons. The summed E-state index contributed by atoms with van der Waals surface area (Å²) in [6.07, 6.45) is 6.04. The molecule has 2 fully saturated rings. The number of piperidine rings is 1. The predicted molar refractivity (Wildman–Crippen MR) is 106 cm³/mol. The first kappa shape index (κ1) is 19.8. The highest BCUT2D eigenvalue weighted by molar-refractivity contribution is 5.23. The SMILES string of the molecule is CC(C)(O)CCc1ccc(CN2CCC(O)(CN3CCCC3)CC2)cc1. The molecule has 4 heteroatoms. The van der Waals surface area contributed by atoms with Gasteiger partial charge in [-0.3, -0.25) is 4.90 Å². The highest BCUT2D eigenvalue weighted by atomic mass is 16.3. The molecule has 2 aliphatic heterocycles. The van der Waals surface area contributed by atoms with Crippen LogP contribution in [-0.2, 0) is 13.0 Å². The predicted octanol–water partition coefficient (Wildman–Crippen LogP) is 2.81. The van der Waals surface area contributed by atoms with Crippen molar-refractivity contribution in [2.45, 2.75) is 70.1 Å². The van der Waals surface area contributed by atoms with E-state index in [1.165, 1.54) is 24.0 Å². The molecule has 2 heterocycles. The minimum atomic E-state index is -0.599. The molecule has 26 heavy (non-hydrogen) atoms. The van der Waals surface area contributed by atoms with Crippen LogP contribution in [0, 0.1) is 0 Å². The first-order chi connectivity index (χ1) is 12.3. The lowest BCUT2D eigenvalue weighted by atomic mass is 9.90. The molecule has 3 rings (SSSR count). The smallest absolute Gasteiger partial charge is 0.0798 e. The number of likely N-dealkylation sites (tertiary alicyclic amines) is 2. The Kier molecular flexibility index (Phi) is 6.39. The number of aliphatic hydroxyl groups is 2. The van der Waals surface area contributed by atoms with E-state index in [-0.39, 0.29) is 0 Å². The Labute approximate surface area is 158 Å². The van der Waals surface area contributed by atoms with Gasteiger partial charge in [-0.2, -0.15) is 0 Å². The highest BCUT2D eigenvalue weighted by Crippen LogP contribution is 2.26. The van der Waals surface area contributed by atoms with Crippen molar-refractivity contribution in [3.8, 4) is 0 Å². The Morgan fingerprint density at radius 2 is 1.50 bits per heavy atom. The van der Waals surface area contributed by atoms with Gasteiger partial charge in [0.05, 0.1) is 11.2 Å². The van der Waals surface area contributed by atoms with E-state index in [0.29, 0.717) is 0 Å². The molecular weight excluding hydrogens is 324 g/mol. The Bertz CT molecular complexity index is 551. The van der Waals surface area contributed by atoms with Crippen molar-refractivity contribution in [1.29, 1.82) is 0 Å². The van der Waals surface area contributed by atoms with Crippen LogP contribution in [-0.4, -0.2) is 63.9 Å². The van der Waals surface area contributed by atoms with Crippen LogP contribution in [0.3, 0.4) is 0 Å². The van der Waals surface area contributed by atoms with Gasteiger partial charge >= 0.3 is 0 Å². The van der Waals surface area contributed by atoms with Crippen molar-refractivity contribution in [2.24, 2.45) is 0 Å². The molecular formula is C22H36N2O2. The highest BCUT2D eigenvalue weighted by Gasteiger charge is 2.34. The number of β-amino-alcohol motifs (C(OH)–C–C–N with tert-alkyl or cyclic N) is 1. The van der Waals surface area contributed by atoms with Gasteiger partial charge in [-0.15, -0.1) is 0 Å². The summed E-state index contributed by atoms with van der Waals surface area (Å²) >= 11 is 0. The van der Waals surface area contributed by atoms with E-state index in [9.17, 15) is 10.2 Å². The van der Waals surface area contributed by atoms with Gasteiger partial charge in [0.15, 0.2) is 0 Å². The molecule has 4 nitrogen and oxygen atoms in total. The minimum Gasteiger partial charge on any atom is -0.390 e. The molecule has 0 unspecified atom stereocenters. The topological polar surface area (TPSA) is 46.9 Å². The maximum absolute atomic E-state index is 10.9. The Morgan fingerprint density at radius 3 is 2.08 bits per heavy atom. The third-order valence-electron chi connectivity index (χ3n) is 5.96. The van der Waals surface area contributed by atoms with Gasteiger partial charge in [0.25, 0.3) is 0 Å². The summed E-state index contributed by atoms with van der Waals surface area (Å²) in [4.78, 5) is 4.90. The first-order valence-corrected chi connectivity index (χ1v) is 10.3. The van der Waals surface area contributed by atoms with Crippen LogP contribution in [0.25, 0.3) is 0 Å². The molecule has 0 saturated carbocycles. The fraction of sp³-hybridized carbons (Fsp3) is 0.727. The van der Waals surface area contributed by atoms with Crippen LogP contribution >= 0.6 is 0 Å². The molecule has 0 bridgehead atoms. The molecule has 2 N–H and O–H groups in total. The van der Waals surface area contributed by atoms with Crippen LogP contribution in [0.5, 0.6) is 0 Å². The summed E-state index contributed by atoms with van der Waals surface area (Å²) in [6.45, 7) is 9.82. The van der Waals surface area contributed by atoms with E-state index >= 15 is 0 Å². The van der Waals surface area contributed by atoms with Gasteiger partial charge in [-0.05, 0) is 76.6 Å². The fourth-order valence-electron chi connectivity index (χ4n) is 4.16. The van der Waals surface area contributed by atoms with Crippen LogP contribution in [0.15, 0.2) is 24.3 Å². The molecule has 1 aromatic carbocycles. The van der Waals surface area contributed by atoms with E-state index in [4.69, 9.17) is 0 Å². The summed E-state index contributed by atoms with van der Waals surface area (Å²) in [6, 6.07) is 8.80. The Morgan fingerprint density at radius 1 is 0.923 bits per heavy atom. The molecule has 0 atom stereocenters. The van der Waals surface area contributed by atoms with Crippen LogP contribution in [0.2, 0.25) is 0 Å². The lowest BCUT2D eigenvalue weighted by Gasteiger charge is -2.40. The van der Waals surface area contributed by atoms with Gasteiger partial charge < -0.3 is 15.1 Å². The number of nitrogens with zero attached hydrogens (tertiary/aromatic N) is 2. The normalized spacial score (nSPS) is 22.0. The summed E-state index contributed by atoms with van der Waals surface area (Å²) in [7, 11) is 0. The van der Waals surface area contributed by atoms with E-state index < -0.39 is 11.2 Å². The van der Waals surface area contributed by atoms with Crippen molar-refractivity contribution < 1.29 is 10.2 Å². The zero-order chi connectivity index (χ0) is 18.6. The summed E-state index contributed by atoms with van der Waals surface area (Å²) in [5.74, 6) is 0. The average molecular weight is 361 g/mol. The van der Waals surface area contributed by atoms with E-state index in [0.717, 1.165) is 65.0 Å². The third-order valence-corrected chi connectivity index (χ3v) is 5.96. The van der Waals surface area contributed by atoms with Crippen LogP contribution in [0.4, 0.5) is 0 Å². The van der Waals surface area contributed by atoms with E-state index in [1.54, 1.807) is 0 Å². The number of hydrogen-bond donors (Lipinski definition) is 2. The van der Waals surface area contributed by atoms with Crippen molar-refractivity contribution in [1.82, 2.24) is 9.80 Å². The molecule has 0 spiro atoms. The number of rotatable bonds is 7. The lowest BCUT2D eigenvalue weighted by Crippen LogP contribution is -2.50. The van der Waals surface area contributed by atoms with Crippen LogP contribution < -0.4 is 0 Å². The minimum absolute atomic E-state index is 0.484. The average Bonchev–Trinajstić information content (AvgIpc) is 3.08.